The van der Waals surface area contributed by atoms with Crippen LogP contribution in [0.4, 0.5) is 9.70 Å². The van der Waals surface area contributed by atoms with Crippen molar-refractivity contribution in [1.29, 1.82) is 0 Å². The molecule has 1 amide bonds. The van der Waals surface area contributed by atoms with Gasteiger partial charge in [0.05, 0.1) is 0 Å². The maximum atomic E-state index is 13.5. The maximum absolute atomic E-state index is 13.5. The second kappa shape index (κ2) is 8.69. The first-order chi connectivity index (χ1) is 13.7. The Morgan fingerprint density at radius 1 is 1.24 bits per heavy atom. The molecule has 1 saturated carbocycles. The number of hydrogen-bond acceptors (Lipinski definition) is 3. The van der Waals surface area contributed by atoms with Crippen LogP contribution >= 0.6 is 12.3 Å². The zero-order valence-corrected chi connectivity index (χ0v) is 16.5. The van der Waals surface area contributed by atoms with Gasteiger partial charge in [-0.25, -0.2) is 8.96 Å². The highest BCUT2D eigenvalue weighted by Gasteiger charge is 2.29. The molecule has 152 valence electrons. The third-order valence-corrected chi connectivity index (χ3v) is 5.19. The number of nitrogens with zero attached hydrogens (tertiary/aromatic N) is 2. The Labute approximate surface area is 174 Å². The molecule has 0 bridgehead atoms. The molecule has 0 aliphatic heterocycles. The van der Waals surface area contributed by atoms with Crippen molar-refractivity contribution in [3.8, 4) is 11.1 Å². The lowest BCUT2D eigenvalue weighted by Crippen LogP contribution is -2.14. The van der Waals surface area contributed by atoms with Gasteiger partial charge >= 0.3 is 0 Å². The second-order valence-electron chi connectivity index (χ2n) is 6.55. The van der Waals surface area contributed by atoms with Gasteiger partial charge in [-0.1, -0.05) is 33.4 Å². The largest absolute Gasteiger partial charge is 0.361 e. The van der Waals surface area contributed by atoms with Gasteiger partial charge in [0.25, 0.3) is 0 Å². The van der Waals surface area contributed by atoms with E-state index in [1.54, 1.807) is 12.3 Å². The molecule has 7 heteroatoms. The van der Waals surface area contributed by atoms with E-state index in [4.69, 9.17) is 0 Å². The lowest BCUT2D eigenvalue weighted by molar-refractivity contribution is -0.117. The average Bonchev–Trinajstić information content (AvgIpc) is 3.37. The quantitative estimate of drug-likeness (QED) is 0.398. The van der Waals surface area contributed by atoms with Crippen molar-refractivity contribution < 1.29 is 8.68 Å². The predicted octanol–water partition coefficient (Wildman–Crippen LogP) is 6.58. The van der Waals surface area contributed by atoms with Gasteiger partial charge in [0, 0.05) is 34.8 Å². The van der Waals surface area contributed by atoms with Gasteiger partial charge in [0.2, 0.25) is 5.91 Å². The van der Waals surface area contributed by atoms with Gasteiger partial charge in [0.1, 0.15) is 5.82 Å². The van der Waals surface area contributed by atoms with E-state index in [1.807, 2.05) is 50.4 Å². The van der Waals surface area contributed by atoms with Gasteiger partial charge in [-0.05, 0) is 48.1 Å². The molecule has 5 rings (SSSR count). The van der Waals surface area contributed by atoms with Crippen molar-refractivity contribution in [2.45, 2.75) is 34.1 Å². The van der Waals surface area contributed by atoms with Gasteiger partial charge in [-0.2, -0.15) is 0 Å². The van der Waals surface area contributed by atoms with Crippen LogP contribution < -0.4 is 5.32 Å². The maximum Gasteiger partial charge on any atom is 0.228 e. The highest BCUT2D eigenvalue weighted by molar-refractivity contribution is 7.92. The van der Waals surface area contributed by atoms with Crippen LogP contribution in [0.15, 0.2) is 48.8 Å². The molecule has 1 aromatic carbocycles. The van der Waals surface area contributed by atoms with Crippen molar-refractivity contribution in [1.82, 2.24) is 13.9 Å². The number of amides is 1. The number of hydrogen-bond donors (Lipinski definition) is 2. The van der Waals surface area contributed by atoms with Gasteiger partial charge < -0.3 is 10.3 Å². The molecule has 3 aromatic heterocycles. The van der Waals surface area contributed by atoms with E-state index in [-0.39, 0.29) is 31.6 Å². The summed E-state index contributed by atoms with van der Waals surface area (Å²) in [7, 11) is 0. The molecule has 0 saturated heterocycles. The Balaban J connectivity index is 0.000000778. The highest BCUT2D eigenvalue weighted by atomic mass is 32.2. The number of carbonyl (C=O) groups excluding carboxylic acids is 1. The first-order valence-corrected chi connectivity index (χ1v) is 10.1. The van der Waals surface area contributed by atoms with Gasteiger partial charge in [0.15, 0.2) is 18.0 Å². The Kier molecular flexibility index (Phi) is 6.27. The first kappa shape index (κ1) is 20.9. The van der Waals surface area contributed by atoms with Crippen molar-refractivity contribution in [3.05, 3.63) is 48.8 Å². The molecule has 0 spiro atoms. The number of rotatable bonds is 4. The summed E-state index contributed by atoms with van der Waals surface area (Å²) in [6, 6.07) is 11.8. The predicted molar refractivity (Wildman–Crippen MR) is 121 cm³/mol. The van der Waals surface area contributed by atoms with Crippen LogP contribution in [0.3, 0.4) is 0 Å². The van der Waals surface area contributed by atoms with Crippen LogP contribution in [0.25, 0.3) is 33.1 Å². The summed E-state index contributed by atoms with van der Waals surface area (Å²) in [6.45, 7) is 4.00. The van der Waals surface area contributed by atoms with Crippen LogP contribution in [-0.4, -0.2) is 19.8 Å². The lowest BCUT2D eigenvalue weighted by atomic mass is 10.0. The van der Waals surface area contributed by atoms with E-state index in [1.165, 1.54) is 3.97 Å². The van der Waals surface area contributed by atoms with Crippen molar-refractivity contribution >= 4 is 46.0 Å². The zero-order chi connectivity index (χ0) is 19.7. The number of aromatic nitrogens is 3. The Bertz CT molecular complexity index is 1150. The standard InChI is InChI=1S/C19H15FN4OS.C2H6.CH4/c20-26-24-10-15(13-4-1-11-7-8-21-16(11)9-13)14-5-6-17(22-18(14)24)23-19(25)12-2-3-12;1-2;/h1,4-10,12,21H,2-3H2,(H,22,23,25);1-2H3;1H4. The zero-order valence-electron chi connectivity index (χ0n) is 15.7. The fourth-order valence-corrected chi connectivity index (χ4v) is 3.57. The van der Waals surface area contributed by atoms with Gasteiger partial charge in [-0.15, -0.1) is 3.89 Å². The summed E-state index contributed by atoms with van der Waals surface area (Å²) in [5.74, 6) is 0.535. The molecule has 29 heavy (non-hydrogen) atoms. The second-order valence-corrected chi connectivity index (χ2v) is 7.08. The van der Waals surface area contributed by atoms with Crippen molar-refractivity contribution in [2.24, 2.45) is 5.92 Å². The summed E-state index contributed by atoms with van der Waals surface area (Å²) >= 11 is 0.0990. The molecule has 1 aliphatic rings. The Morgan fingerprint density at radius 2 is 2.03 bits per heavy atom. The number of benzene rings is 1. The number of aromatic amines is 1. The average molecular weight is 413 g/mol. The molecular formula is C22H25FN4OS. The summed E-state index contributed by atoms with van der Waals surface area (Å²) in [5, 5.41) is 4.78. The fourth-order valence-electron chi connectivity index (χ4n) is 3.22. The summed E-state index contributed by atoms with van der Waals surface area (Å²) in [4.78, 5) is 19.6. The Hall–Kier alpha value is -2.80. The van der Waals surface area contributed by atoms with E-state index >= 15 is 0 Å². The minimum absolute atomic E-state index is 0. The minimum Gasteiger partial charge on any atom is -0.361 e. The third-order valence-electron chi connectivity index (χ3n) is 4.76. The fraction of sp³-hybridized carbons (Fsp3) is 0.273. The van der Waals surface area contributed by atoms with Crippen molar-refractivity contribution in [3.63, 3.8) is 0 Å². The monoisotopic (exact) mass is 412 g/mol. The number of H-pyrrole nitrogens is 1. The lowest BCUT2D eigenvalue weighted by Gasteiger charge is -2.04. The van der Waals surface area contributed by atoms with E-state index in [0.717, 1.165) is 40.3 Å². The smallest absolute Gasteiger partial charge is 0.228 e. The normalized spacial score (nSPS) is 12.9. The topological polar surface area (TPSA) is 62.7 Å². The van der Waals surface area contributed by atoms with E-state index < -0.39 is 0 Å². The third kappa shape index (κ3) is 4.00. The van der Waals surface area contributed by atoms with E-state index in [9.17, 15) is 8.68 Å². The molecule has 5 nitrogen and oxygen atoms in total. The van der Waals surface area contributed by atoms with Crippen LogP contribution in [-0.2, 0) is 4.79 Å². The van der Waals surface area contributed by atoms with Crippen LogP contribution in [0, 0.1) is 5.92 Å². The first-order valence-electron chi connectivity index (χ1n) is 9.42. The molecule has 2 N–H and O–H groups in total. The minimum atomic E-state index is -0.0136. The molecule has 1 aliphatic carbocycles. The molecule has 1 fully saturated rings. The summed E-state index contributed by atoms with van der Waals surface area (Å²) in [6.07, 6.45) is 5.48. The summed E-state index contributed by atoms with van der Waals surface area (Å²) in [5.41, 5.74) is 3.40. The van der Waals surface area contributed by atoms with Crippen LogP contribution in [0.1, 0.15) is 34.1 Å². The van der Waals surface area contributed by atoms with Crippen LogP contribution in [0.5, 0.6) is 0 Å². The highest BCUT2D eigenvalue weighted by Crippen LogP contribution is 2.35. The summed E-state index contributed by atoms with van der Waals surface area (Å²) < 4.78 is 14.9. The van der Waals surface area contributed by atoms with Gasteiger partial charge in [-0.3, -0.25) is 4.79 Å². The molecule has 0 radical (unpaired) electrons. The van der Waals surface area contributed by atoms with E-state index in [0.29, 0.717) is 11.5 Å². The molecule has 3 heterocycles. The van der Waals surface area contributed by atoms with Crippen molar-refractivity contribution in [2.75, 3.05) is 5.32 Å². The molecule has 0 unspecified atom stereocenters. The number of anilines is 1. The molecule has 0 atom stereocenters. The number of fused-ring (bicyclic) bond motifs is 2. The SMILES string of the molecule is C.CC.O=C(Nc1ccc2c(-c3ccc4cc[nH]c4c3)cn(SF)c2n1)C1CC1. The van der Waals surface area contributed by atoms with E-state index in [2.05, 4.69) is 15.3 Å². The van der Waals surface area contributed by atoms with Crippen LogP contribution in [0.2, 0.25) is 0 Å². The number of carbonyl (C=O) groups is 1. The number of nitrogens with one attached hydrogen (secondary N) is 2. The number of halogens is 1. The molecule has 4 aromatic rings. The number of pyridine rings is 1. The Morgan fingerprint density at radius 3 is 2.76 bits per heavy atom. The molecular weight excluding hydrogens is 387 g/mol.